The van der Waals surface area contributed by atoms with E-state index in [1.807, 2.05) is 13.0 Å². The van der Waals surface area contributed by atoms with Gasteiger partial charge in [-0.1, -0.05) is 43.4 Å². The molecule has 5 aliphatic carbocycles. The summed E-state index contributed by atoms with van der Waals surface area (Å²) in [6.07, 6.45) is 11.8. The lowest BCUT2D eigenvalue weighted by Gasteiger charge is -2.53. The van der Waals surface area contributed by atoms with Gasteiger partial charge in [-0.15, -0.1) is 0 Å². The molecule has 0 spiro atoms. The van der Waals surface area contributed by atoms with E-state index in [-0.39, 0.29) is 30.0 Å². The highest BCUT2D eigenvalue weighted by atomic mass is 16.5. The van der Waals surface area contributed by atoms with Gasteiger partial charge in [0.1, 0.15) is 5.60 Å². The van der Waals surface area contributed by atoms with Crippen molar-refractivity contribution in [3.8, 4) is 0 Å². The number of carbonyl (C=O) groups excluding carboxylic acids is 3. The molecule has 0 aromatic rings. The van der Waals surface area contributed by atoms with E-state index in [1.165, 1.54) is 0 Å². The number of aliphatic hydroxyl groups is 2. The Morgan fingerprint density at radius 3 is 2.59 bits per heavy atom. The second-order valence-electron chi connectivity index (χ2n) is 11.5. The summed E-state index contributed by atoms with van der Waals surface area (Å²) in [5.74, 6) is -0.978. The monoisotopic (exact) mass is 468 g/mol. The maximum atomic E-state index is 13.3. The molecule has 5 atom stereocenters. The Balaban J connectivity index is 1.39. The van der Waals surface area contributed by atoms with Crippen molar-refractivity contribution in [2.75, 3.05) is 6.61 Å². The molecule has 0 aromatic heterocycles. The van der Waals surface area contributed by atoms with Crippen LogP contribution in [0.2, 0.25) is 0 Å². The molecule has 5 rings (SSSR count). The van der Waals surface area contributed by atoms with E-state index in [0.29, 0.717) is 12.8 Å². The van der Waals surface area contributed by atoms with Crippen molar-refractivity contribution in [1.29, 1.82) is 0 Å². The van der Waals surface area contributed by atoms with Crippen LogP contribution in [0.1, 0.15) is 78.1 Å². The average molecular weight is 469 g/mol. The molecule has 6 heteroatoms. The molecule has 0 aromatic carbocycles. The Morgan fingerprint density at radius 1 is 1.12 bits per heavy atom. The number of carbonyl (C=O) groups is 3. The van der Waals surface area contributed by atoms with Crippen LogP contribution >= 0.6 is 0 Å². The maximum absolute atomic E-state index is 13.3. The number of aliphatic hydroxyl groups excluding tert-OH is 1. The molecular formula is C28H36O6. The average Bonchev–Trinajstić information content (AvgIpc) is 3.09. The van der Waals surface area contributed by atoms with Gasteiger partial charge in [0.05, 0.1) is 12.0 Å². The lowest BCUT2D eigenvalue weighted by Crippen LogP contribution is -2.57. The van der Waals surface area contributed by atoms with Crippen LogP contribution in [0.4, 0.5) is 0 Å². The topological polar surface area (TPSA) is 101 Å². The van der Waals surface area contributed by atoms with Crippen molar-refractivity contribution >= 4 is 17.5 Å². The van der Waals surface area contributed by atoms with Crippen LogP contribution in [-0.4, -0.2) is 46.1 Å². The summed E-state index contributed by atoms with van der Waals surface area (Å²) < 4.78 is 5.40. The van der Waals surface area contributed by atoms with Crippen molar-refractivity contribution in [1.82, 2.24) is 0 Å². The zero-order valence-electron chi connectivity index (χ0n) is 20.3. The number of fused-ring (bicyclic) bond motifs is 4. The van der Waals surface area contributed by atoms with Gasteiger partial charge in [-0.25, -0.2) is 0 Å². The molecule has 0 amide bonds. The van der Waals surface area contributed by atoms with Gasteiger partial charge in [-0.3, -0.25) is 14.4 Å². The number of ketones is 2. The number of hydrogen-bond donors (Lipinski definition) is 2. The van der Waals surface area contributed by atoms with Gasteiger partial charge >= 0.3 is 5.97 Å². The Bertz CT molecular complexity index is 1010. The minimum Gasteiger partial charge on any atom is -0.457 e. The summed E-state index contributed by atoms with van der Waals surface area (Å²) in [4.78, 5) is 37.8. The number of esters is 1. The lowest BCUT2D eigenvalue weighted by molar-refractivity contribution is -0.166. The summed E-state index contributed by atoms with van der Waals surface area (Å²) in [6.45, 7) is 3.55. The number of rotatable bonds is 4. The Morgan fingerprint density at radius 2 is 1.85 bits per heavy atom. The van der Waals surface area contributed by atoms with Crippen LogP contribution in [0.3, 0.4) is 0 Å². The van der Waals surface area contributed by atoms with Crippen LogP contribution in [0.5, 0.6) is 0 Å². The Labute approximate surface area is 201 Å². The van der Waals surface area contributed by atoms with Gasteiger partial charge in [0, 0.05) is 10.8 Å². The van der Waals surface area contributed by atoms with Gasteiger partial charge in [0.2, 0.25) is 5.78 Å². The van der Waals surface area contributed by atoms with Crippen LogP contribution < -0.4 is 0 Å². The van der Waals surface area contributed by atoms with Crippen molar-refractivity contribution < 1.29 is 29.3 Å². The quantitative estimate of drug-likeness (QED) is 0.481. The SMILES string of the molecule is C[C@]12C=CC(=O)C=C1CCC1=C2C(O)C[C@@]2(C)[C@H]1CC[C@]2(O)C(=O)COC(=O)C1CCCCC1. The van der Waals surface area contributed by atoms with Crippen molar-refractivity contribution in [3.05, 3.63) is 34.9 Å². The van der Waals surface area contributed by atoms with Gasteiger partial charge in [-0.05, 0) is 75.5 Å². The number of Topliss-reactive ketones (excluding diaryl/α,β-unsaturated/α-hetero) is 1. The van der Waals surface area contributed by atoms with E-state index in [1.54, 1.807) is 12.2 Å². The van der Waals surface area contributed by atoms with Gasteiger partial charge in [-0.2, -0.15) is 0 Å². The first-order valence-electron chi connectivity index (χ1n) is 12.9. The van der Waals surface area contributed by atoms with E-state index >= 15 is 0 Å². The fourth-order valence-corrected chi connectivity index (χ4v) is 7.77. The van der Waals surface area contributed by atoms with Crippen LogP contribution in [0, 0.1) is 22.7 Å². The highest BCUT2D eigenvalue weighted by Gasteiger charge is 2.65. The minimum absolute atomic E-state index is 0.0183. The number of ether oxygens (including phenoxy) is 1. The smallest absolute Gasteiger partial charge is 0.309 e. The molecule has 2 fully saturated rings. The summed E-state index contributed by atoms with van der Waals surface area (Å²) in [7, 11) is 0. The molecule has 1 unspecified atom stereocenters. The fourth-order valence-electron chi connectivity index (χ4n) is 7.77. The number of allylic oxidation sites excluding steroid dienone is 5. The van der Waals surface area contributed by atoms with E-state index in [9.17, 15) is 24.6 Å². The largest absolute Gasteiger partial charge is 0.457 e. The molecule has 2 saturated carbocycles. The molecule has 2 N–H and O–H groups in total. The normalized spacial score (nSPS) is 39.8. The molecule has 184 valence electrons. The zero-order chi connectivity index (χ0) is 24.3. The van der Waals surface area contributed by atoms with Crippen LogP contribution in [0.15, 0.2) is 34.9 Å². The highest BCUT2D eigenvalue weighted by Crippen LogP contribution is 2.64. The van der Waals surface area contributed by atoms with Gasteiger partial charge in [0.15, 0.2) is 12.4 Å². The molecule has 0 heterocycles. The molecule has 0 aliphatic heterocycles. The molecular weight excluding hydrogens is 432 g/mol. The second-order valence-corrected chi connectivity index (χ2v) is 11.5. The second kappa shape index (κ2) is 8.27. The van der Waals surface area contributed by atoms with Crippen molar-refractivity contribution in [2.45, 2.75) is 89.8 Å². The first-order chi connectivity index (χ1) is 16.1. The first kappa shape index (κ1) is 23.7. The first-order valence-corrected chi connectivity index (χ1v) is 12.9. The predicted molar refractivity (Wildman–Crippen MR) is 126 cm³/mol. The van der Waals surface area contributed by atoms with Gasteiger partial charge in [0.25, 0.3) is 0 Å². The van der Waals surface area contributed by atoms with Crippen LogP contribution in [-0.2, 0) is 19.1 Å². The highest BCUT2D eigenvalue weighted by molar-refractivity contribution is 6.01. The minimum atomic E-state index is -1.64. The molecule has 0 radical (unpaired) electrons. The fraction of sp³-hybridized carbons (Fsp3) is 0.679. The predicted octanol–water partition coefficient (Wildman–Crippen LogP) is 3.75. The van der Waals surface area contributed by atoms with Gasteiger partial charge < -0.3 is 14.9 Å². The van der Waals surface area contributed by atoms with Crippen molar-refractivity contribution in [3.63, 3.8) is 0 Å². The summed E-state index contributed by atoms with van der Waals surface area (Å²) in [5.41, 5.74) is 0.132. The Kier molecular flexibility index (Phi) is 5.76. The van der Waals surface area contributed by atoms with E-state index < -0.39 is 34.9 Å². The third kappa shape index (κ3) is 3.40. The van der Waals surface area contributed by atoms with Crippen LogP contribution in [0.25, 0.3) is 0 Å². The molecule has 34 heavy (non-hydrogen) atoms. The molecule has 6 nitrogen and oxygen atoms in total. The third-order valence-electron chi connectivity index (χ3n) is 9.76. The standard InChI is InChI=1S/C28H36O6/c1-26-12-10-19(29)14-18(26)8-9-20-21-11-13-28(33,27(21,2)15-22(30)24(20)26)23(31)16-34-25(32)17-6-4-3-5-7-17/h10,12,14,17,21-22,30,33H,3-9,11,13,15-16H2,1-2H3/t21-,22?,26-,27-,28-/m0/s1. The van der Waals surface area contributed by atoms with E-state index in [0.717, 1.165) is 61.7 Å². The summed E-state index contributed by atoms with van der Waals surface area (Å²) in [5, 5.41) is 23.1. The zero-order valence-corrected chi connectivity index (χ0v) is 20.3. The van der Waals surface area contributed by atoms with E-state index in [2.05, 4.69) is 6.92 Å². The molecule has 0 bridgehead atoms. The van der Waals surface area contributed by atoms with E-state index in [4.69, 9.17) is 4.74 Å². The summed E-state index contributed by atoms with van der Waals surface area (Å²) in [6, 6.07) is 0. The van der Waals surface area contributed by atoms with Crippen molar-refractivity contribution in [2.24, 2.45) is 22.7 Å². The lowest BCUT2D eigenvalue weighted by atomic mass is 9.53. The maximum Gasteiger partial charge on any atom is 0.309 e. The number of hydrogen-bond acceptors (Lipinski definition) is 6. The third-order valence-corrected chi connectivity index (χ3v) is 9.76. The molecule has 0 saturated heterocycles. The Hall–Kier alpha value is -2.05. The molecule has 5 aliphatic rings. The summed E-state index contributed by atoms with van der Waals surface area (Å²) >= 11 is 0.